The average Bonchev–Trinajstić information content (AvgIpc) is 2.50. The summed E-state index contributed by atoms with van der Waals surface area (Å²) < 4.78 is 0. The van der Waals surface area contributed by atoms with Crippen molar-refractivity contribution in [1.82, 2.24) is 5.32 Å². The number of hydrogen-bond donors (Lipinski definition) is 3. The number of nitrogens with one attached hydrogen (secondary N) is 1. The Labute approximate surface area is 123 Å². The van der Waals surface area contributed by atoms with Gasteiger partial charge in [0.1, 0.15) is 0 Å². The average molecular weight is 279 g/mol. The quantitative estimate of drug-likeness (QED) is 0.640. The first kappa shape index (κ1) is 13.5. The lowest BCUT2D eigenvalue weighted by atomic mass is 10.1. The van der Waals surface area contributed by atoms with Gasteiger partial charge in [-0.2, -0.15) is 0 Å². The van der Waals surface area contributed by atoms with Crippen molar-refractivity contribution in [2.75, 3.05) is 0 Å². The van der Waals surface area contributed by atoms with Gasteiger partial charge in [0.05, 0.1) is 0 Å². The van der Waals surface area contributed by atoms with Gasteiger partial charge in [-0.25, -0.2) is 0 Å². The number of hydrogen-bond acceptors (Lipinski definition) is 3. The predicted octanol–water partition coefficient (Wildman–Crippen LogP) is 3.54. The van der Waals surface area contributed by atoms with Crippen LogP contribution in [0.15, 0.2) is 60.7 Å². The molecule has 0 heterocycles. The van der Waals surface area contributed by atoms with Gasteiger partial charge in [-0.05, 0) is 40.1 Å². The van der Waals surface area contributed by atoms with Crippen molar-refractivity contribution in [3.63, 3.8) is 0 Å². The molecule has 0 saturated heterocycles. The molecule has 0 fully saturated rings. The van der Waals surface area contributed by atoms with E-state index < -0.39 is 0 Å². The Kier molecular flexibility index (Phi) is 3.75. The molecule has 3 heteroatoms. The second-order valence-electron chi connectivity index (χ2n) is 5.11. The second-order valence-corrected chi connectivity index (χ2v) is 5.11. The summed E-state index contributed by atoms with van der Waals surface area (Å²) in [5.41, 5.74) is 2.39. The molecule has 0 aromatic heterocycles. The molecule has 106 valence electrons. The van der Waals surface area contributed by atoms with Crippen LogP contribution < -0.4 is 5.32 Å². The highest BCUT2D eigenvalue weighted by Crippen LogP contribution is 2.30. The Morgan fingerprint density at radius 2 is 1.33 bits per heavy atom. The molecule has 21 heavy (non-hydrogen) atoms. The van der Waals surface area contributed by atoms with Crippen molar-refractivity contribution >= 4 is 10.8 Å². The minimum Gasteiger partial charge on any atom is -0.504 e. The standard InChI is InChI=1S/C18H17NO2/c20-17-9-15-7-6-14(8-16(15)10-18(17)21)12-19-11-13-4-2-1-3-5-13/h1-10,19-21H,11-12H2. The minimum atomic E-state index is -0.0862. The fourth-order valence-corrected chi connectivity index (χ4v) is 2.38. The fraction of sp³-hybridized carbons (Fsp3) is 0.111. The number of phenolic OH excluding ortho intramolecular Hbond substituents is 2. The van der Waals surface area contributed by atoms with Gasteiger partial charge < -0.3 is 15.5 Å². The van der Waals surface area contributed by atoms with Gasteiger partial charge >= 0.3 is 0 Å². The van der Waals surface area contributed by atoms with Crippen molar-refractivity contribution in [1.29, 1.82) is 0 Å². The fourth-order valence-electron chi connectivity index (χ4n) is 2.38. The molecule has 0 aliphatic heterocycles. The van der Waals surface area contributed by atoms with Crippen LogP contribution in [0, 0.1) is 0 Å². The number of rotatable bonds is 4. The summed E-state index contributed by atoms with van der Waals surface area (Å²) in [4.78, 5) is 0. The van der Waals surface area contributed by atoms with Gasteiger partial charge in [0.2, 0.25) is 0 Å². The van der Waals surface area contributed by atoms with Crippen LogP contribution in [-0.4, -0.2) is 10.2 Å². The number of phenols is 2. The molecule has 3 aromatic rings. The highest BCUT2D eigenvalue weighted by Gasteiger charge is 2.03. The molecular weight excluding hydrogens is 262 g/mol. The topological polar surface area (TPSA) is 52.5 Å². The Morgan fingerprint density at radius 1 is 0.667 bits per heavy atom. The maximum atomic E-state index is 9.57. The zero-order valence-corrected chi connectivity index (χ0v) is 11.6. The van der Waals surface area contributed by atoms with E-state index >= 15 is 0 Å². The Hall–Kier alpha value is -2.52. The number of fused-ring (bicyclic) bond motifs is 1. The maximum Gasteiger partial charge on any atom is 0.158 e. The van der Waals surface area contributed by atoms with E-state index in [1.54, 1.807) is 12.1 Å². The molecule has 0 saturated carbocycles. The van der Waals surface area contributed by atoms with Crippen LogP contribution in [0.2, 0.25) is 0 Å². The molecule has 0 bridgehead atoms. The van der Waals surface area contributed by atoms with Crippen molar-refractivity contribution in [3.05, 3.63) is 71.8 Å². The lowest BCUT2D eigenvalue weighted by Crippen LogP contribution is -2.12. The first-order chi connectivity index (χ1) is 10.2. The van der Waals surface area contributed by atoms with Crippen LogP contribution in [0.25, 0.3) is 10.8 Å². The zero-order valence-electron chi connectivity index (χ0n) is 11.6. The van der Waals surface area contributed by atoms with Crippen molar-refractivity contribution in [2.45, 2.75) is 13.1 Å². The van der Waals surface area contributed by atoms with Crippen LogP contribution in [0.1, 0.15) is 11.1 Å². The van der Waals surface area contributed by atoms with Crippen LogP contribution in [-0.2, 0) is 13.1 Å². The molecule has 3 rings (SSSR count). The van der Waals surface area contributed by atoms with E-state index in [0.29, 0.717) is 0 Å². The normalized spacial score (nSPS) is 10.9. The van der Waals surface area contributed by atoms with Crippen molar-refractivity contribution in [3.8, 4) is 11.5 Å². The summed E-state index contributed by atoms with van der Waals surface area (Å²) in [7, 11) is 0. The van der Waals surface area contributed by atoms with Gasteiger partial charge in [0.15, 0.2) is 11.5 Å². The lowest BCUT2D eigenvalue weighted by Gasteiger charge is -2.07. The summed E-state index contributed by atoms with van der Waals surface area (Å²) in [6.45, 7) is 1.58. The molecular formula is C18H17NO2. The van der Waals surface area contributed by atoms with E-state index in [9.17, 15) is 10.2 Å². The third kappa shape index (κ3) is 3.15. The number of benzene rings is 3. The van der Waals surface area contributed by atoms with Crippen molar-refractivity contribution in [2.24, 2.45) is 0 Å². The first-order valence-electron chi connectivity index (χ1n) is 6.91. The summed E-state index contributed by atoms with van der Waals surface area (Å²) in [5.74, 6) is -0.172. The van der Waals surface area contributed by atoms with E-state index in [1.807, 2.05) is 36.4 Å². The van der Waals surface area contributed by atoms with E-state index in [2.05, 4.69) is 17.4 Å². The molecule has 3 nitrogen and oxygen atoms in total. The van der Waals surface area contributed by atoms with Crippen LogP contribution in [0.5, 0.6) is 11.5 Å². The monoisotopic (exact) mass is 279 g/mol. The van der Waals surface area contributed by atoms with Gasteiger partial charge in [0.25, 0.3) is 0 Å². The molecule has 0 spiro atoms. The van der Waals surface area contributed by atoms with E-state index in [0.717, 1.165) is 29.4 Å². The lowest BCUT2D eigenvalue weighted by molar-refractivity contribution is 0.405. The predicted molar refractivity (Wildman–Crippen MR) is 84.3 cm³/mol. The van der Waals surface area contributed by atoms with Crippen molar-refractivity contribution < 1.29 is 10.2 Å². The summed E-state index contributed by atoms with van der Waals surface area (Å²) in [6, 6.07) is 19.4. The summed E-state index contributed by atoms with van der Waals surface area (Å²) in [6.07, 6.45) is 0. The van der Waals surface area contributed by atoms with E-state index in [-0.39, 0.29) is 11.5 Å². The Bertz CT molecular complexity index is 754. The molecule has 0 aliphatic carbocycles. The molecule has 0 unspecified atom stereocenters. The highest BCUT2D eigenvalue weighted by molar-refractivity contribution is 5.86. The second kappa shape index (κ2) is 5.85. The molecule has 3 N–H and O–H groups in total. The van der Waals surface area contributed by atoms with Crippen LogP contribution in [0.4, 0.5) is 0 Å². The smallest absolute Gasteiger partial charge is 0.158 e. The Balaban J connectivity index is 1.71. The van der Waals surface area contributed by atoms with Gasteiger partial charge in [-0.15, -0.1) is 0 Å². The third-order valence-electron chi connectivity index (χ3n) is 3.50. The van der Waals surface area contributed by atoms with E-state index in [4.69, 9.17) is 0 Å². The molecule has 0 atom stereocenters. The van der Waals surface area contributed by atoms with Crippen LogP contribution >= 0.6 is 0 Å². The largest absolute Gasteiger partial charge is 0.504 e. The SMILES string of the molecule is Oc1cc2ccc(CNCc3ccccc3)cc2cc1O. The molecule has 0 aliphatic rings. The first-order valence-corrected chi connectivity index (χ1v) is 6.91. The van der Waals surface area contributed by atoms with E-state index in [1.165, 1.54) is 5.56 Å². The molecule has 0 radical (unpaired) electrons. The van der Waals surface area contributed by atoms with Gasteiger partial charge in [-0.1, -0.05) is 42.5 Å². The van der Waals surface area contributed by atoms with Gasteiger partial charge in [0, 0.05) is 13.1 Å². The summed E-state index contributed by atoms with van der Waals surface area (Å²) >= 11 is 0. The summed E-state index contributed by atoms with van der Waals surface area (Å²) in [5, 5.41) is 24.3. The third-order valence-corrected chi connectivity index (χ3v) is 3.50. The molecule has 3 aromatic carbocycles. The maximum absolute atomic E-state index is 9.57. The number of aromatic hydroxyl groups is 2. The zero-order chi connectivity index (χ0) is 14.7. The highest BCUT2D eigenvalue weighted by atomic mass is 16.3. The Morgan fingerprint density at radius 3 is 2.10 bits per heavy atom. The van der Waals surface area contributed by atoms with Crippen LogP contribution in [0.3, 0.4) is 0 Å². The van der Waals surface area contributed by atoms with Gasteiger partial charge in [-0.3, -0.25) is 0 Å². The minimum absolute atomic E-state index is 0.0857. The molecule has 0 amide bonds.